The van der Waals surface area contributed by atoms with E-state index in [1.807, 2.05) is 38.2 Å². The summed E-state index contributed by atoms with van der Waals surface area (Å²) in [5.74, 6) is 0. The maximum Gasteiger partial charge on any atom is 0.208 e. The Hall–Kier alpha value is -1.27. The summed E-state index contributed by atoms with van der Waals surface area (Å²) < 4.78 is 24.5. The summed E-state index contributed by atoms with van der Waals surface area (Å²) in [6, 6.07) is 8.04. The van der Waals surface area contributed by atoms with Crippen LogP contribution in [0.5, 0.6) is 0 Å². The molecule has 0 aliphatic rings. The van der Waals surface area contributed by atoms with Crippen molar-refractivity contribution in [3.05, 3.63) is 24.3 Å². The van der Waals surface area contributed by atoms with Crippen LogP contribution in [0.1, 0.15) is 6.92 Å². The van der Waals surface area contributed by atoms with Gasteiger partial charge in [-0.3, -0.25) is 0 Å². The smallest absolute Gasteiger partial charge is 0.208 e. The molecule has 0 aromatic heterocycles. The predicted octanol–water partition coefficient (Wildman–Crippen LogP) is 1.10. The Morgan fingerprint density at radius 1 is 1.33 bits per heavy atom. The molecule has 18 heavy (non-hydrogen) atoms. The second kappa shape index (κ2) is 6.61. The predicted molar refractivity (Wildman–Crippen MR) is 76.7 cm³/mol. The lowest BCUT2D eigenvalue weighted by molar-refractivity contribution is 0.587. The molecular formula is C12H21N3O2S. The molecule has 0 unspecified atom stereocenters. The maximum atomic E-state index is 11.0. The number of hydrogen-bond acceptors (Lipinski definition) is 4. The molecule has 0 radical (unpaired) electrons. The zero-order chi connectivity index (χ0) is 13.6. The number of hydrogen-bond donors (Lipinski definition) is 2. The quantitative estimate of drug-likeness (QED) is 0.780. The summed E-state index contributed by atoms with van der Waals surface area (Å²) >= 11 is 0. The lowest BCUT2D eigenvalue weighted by Crippen LogP contribution is -2.34. The minimum atomic E-state index is -3.11. The van der Waals surface area contributed by atoms with E-state index in [1.54, 1.807) is 0 Å². The van der Waals surface area contributed by atoms with E-state index in [4.69, 9.17) is 0 Å². The van der Waals surface area contributed by atoms with Gasteiger partial charge in [0.2, 0.25) is 10.0 Å². The van der Waals surface area contributed by atoms with Crippen LogP contribution in [0.25, 0.3) is 0 Å². The first-order chi connectivity index (χ1) is 8.46. The van der Waals surface area contributed by atoms with Gasteiger partial charge in [-0.2, -0.15) is 0 Å². The van der Waals surface area contributed by atoms with Crippen molar-refractivity contribution in [2.24, 2.45) is 0 Å². The molecule has 5 nitrogen and oxygen atoms in total. The number of likely N-dealkylation sites (N-methyl/N-ethyl adjacent to an activating group) is 1. The molecule has 102 valence electrons. The van der Waals surface area contributed by atoms with Gasteiger partial charge in [0, 0.05) is 38.1 Å². The monoisotopic (exact) mass is 271 g/mol. The highest BCUT2D eigenvalue weighted by atomic mass is 32.2. The van der Waals surface area contributed by atoms with Gasteiger partial charge in [0.25, 0.3) is 0 Å². The molecule has 0 saturated carbocycles. The summed E-state index contributed by atoms with van der Waals surface area (Å²) in [5, 5.41) is 3.09. The van der Waals surface area contributed by atoms with E-state index < -0.39 is 10.0 Å². The average molecular weight is 271 g/mol. The minimum Gasteiger partial charge on any atom is -0.388 e. The number of sulfonamides is 1. The van der Waals surface area contributed by atoms with Gasteiger partial charge in [-0.25, -0.2) is 13.1 Å². The van der Waals surface area contributed by atoms with Gasteiger partial charge in [0.1, 0.15) is 0 Å². The summed E-state index contributed by atoms with van der Waals surface area (Å²) in [6.07, 6.45) is 1.17. The standard InChI is InChI=1S/C12H21N3O2S/c1-4-15(9-8-14-18(3,16)17)12-7-5-6-11(10-12)13-2/h5-7,10,13-14H,4,8-9H2,1-3H3. The third-order valence-corrected chi connectivity index (χ3v) is 3.36. The fourth-order valence-corrected chi connectivity index (χ4v) is 2.16. The van der Waals surface area contributed by atoms with Crippen molar-refractivity contribution in [3.63, 3.8) is 0 Å². The highest BCUT2D eigenvalue weighted by Gasteiger charge is 2.06. The average Bonchev–Trinajstić information content (AvgIpc) is 2.33. The van der Waals surface area contributed by atoms with Crippen molar-refractivity contribution in [2.45, 2.75) is 6.92 Å². The molecule has 0 atom stereocenters. The van der Waals surface area contributed by atoms with Crippen LogP contribution < -0.4 is 14.9 Å². The van der Waals surface area contributed by atoms with Crippen LogP contribution >= 0.6 is 0 Å². The van der Waals surface area contributed by atoms with E-state index in [2.05, 4.69) is 14.9 Å². The normalized spacial score (nSPS) is 11.3. The van der Waals surface area contributed by atoms with Crippen LogP contribution in [0.3, 0.4) is 0 Å². The SMILES string of the molecule is CCN(CCNS(C)(=O)=O)c1cccc(NC)c1. The highest BCUT2D eigenvalue weighted by Crippen LogP contribution is 2.18. The summed E-state index contributed by atoms with van der Waals surface area (Å²) in [4.78, 5) is 2.12. The van der Waals surface area contributed by atoms with Crippen LogP contribution in [0, 0.1) is 0 Å². The van der Waals surface area contributed by atoms with E-state index >= 15 is 0 Å². The van der Waals surface area contributed by atoms with Crippen LogP contribution in [-0.2, 0) is 10.0 Å². The molecule has 0 bridgehead atoms. The molecule has 0 heterocycles. The molecule has 1 aromatic carbocycles. The molecule has 6 heteroatoms. The lowest BCUT2D eigenvalue weighted by atomic mass is 10.2. The molecule has 2 N–H and O–H groups in total. The third-order valence-electron chi connectivity index (χ3n) is 2.63. The van der Waals surface area contributed by atoms with E-state index in [9.17, 15) is 8.42 Å². The van der Waals surface area contributed by atoms with Gasteiger partial charge >= 0.3 is 0 Å². The van der Waals surface area contributed by atoms with E-state index in [-0.39, 0.29) is 0 Å². The fourth-order valence-electron chi connectivity index (χ4n) is 1.69. The Morgan fingerprint density at radius 3 is 2.61 bits per heavy atom. The molecule has 0 saturated heterocycles. The molecule has 0 spiro atoms. The Labute approximate surface area is 109 Å². The number of nitrogens with zero attached hydrogens (tertiary/aromatic N) is 1. The molecule has 1 aromatic rings. The summed E-state index contributed by atoms with van der Waals surface area (Å²) in [6.45, 7) is 3.94. The zero-order valence-corrected chi connectivity index (χ0v) is 11.9. The van der Waals surface area contributed by atoms with Gasteiger partial charge in [-0.15, -0.1) is 0 Å². The largest absolute Gasteiger partial charge is 0.388 e. The van der Waals surface area contributed by atoms with Crippen molar-refractivity contribution in [2.75, 3.05) is 43.2 Å². The first-order valence-corrected chi connectivity index (χ1v) is 7.83. The van der Waals surface area contributed by atoms with Crippen molar-refractivity contribution >= 4 is 21.4 Å². The molecule has 0 fully saturated rings. The number of anilines is 2. The lowest BCUT2D eigenvalue weighted by Gasteiger charge is -2.23. The summed E-state index contributed by atoms with van der Waals surface area (Å²) in [7, 11) is -1.24. The second-order valence-electron chi connectivity index (χ2n) is 4.05. The Kier molecular flexibility index (Phi) is 5.43. The van der Waals surface area contributed by atoms with Gasteiger partial charge in [-0.1, -0.05) is 6.07 Å². The van der Waals surface area contributed by atoms with Crippen molar-refractivity contribution in [1.29, 1.82) is 0 Å². The molecule has 0 amide bonds. The van der Waals surface area contributed by atoms with Crippen LogP contribution in [-0.4, -0.2) is 41.4 Å². The third kappa shape index (κ3) is 4.93. The van der Waals surface area contributed by atoms with Crippen LogP contribution in [0.15, 0.2) is 24.3 Å². The number of rotatable bonds is 7. The minimum absolute atomic E-state index is 0.413. The molecular weight excluding hydrogens is 250 g/mol. The highest BCUT2D eigenvalue weighted by molar-refractivity contribution is 7.88. The maximum absolute atomic E-state index is 11.0. The van der Waals surface area contributed by atoms with Crippen LogP contribution in [0.2, 0.25) is 0 Å². The van der Waals surface area contributed by atoms with Crippen molar-refractivity contribution < 1.29 is 8.42 Å². The van der Waals surface area contributed by atoms with Crippen LogP contribution in [0.4, 0.5) is 11.4 Å². The topological polar surface area (TPSA) is 61.4 Å². The molecule has 0 aliphatic carbocycles. The number of nitrogens with one attached hydrogen (secondary N) is 2. The first kappa shape index (κ1) is 14.8. The Bertz CT molecular complexity index is 474. The zero-order valence-electron chi connectivity index (χ0n) is 11.1. The molecule has 1 rings (SSSR count). The van der Waals surface area contributed by atoms with Crippen molar-refractivity contribution in [3.8, 4) is 0 Å². The summed E-state index contributed by atoms with van der Waals surface area (Å²) in [5.41, 5.74) is 2.13. The van der Waals surface area contributed by atoms with Crippen molar-refractivity contribution in [1.82, 2.24) is 4.72 Å². The van der Waals surface area contributed by atoms with Gasteiger partial charge in [-0.05, 0) is 25.1 Å². The van der Waals surface area contributed by atoms with Gasteiger partial charge in [0.15, 0.2) is 0 Å². The van der Waals surface area contributed by atoms with Gasteiger partial charge in [0.05, 0.1) is 6.26 Å². The van der Waals surface area contributed by atoms with E-state index in [1.165, 1.54) is 6.26 Å². The second-order valence-corrected chi connectivity index (χ2v) is 5.88. The fraction of sp³-hybridized carbons (Fsp3) is 0.500. The molecule has 0 aliphatic heterocycles. The van der Waals surface area contributed by atoms with E-state index in [0.29, 0.717) is 13.1 Å². The van der Waals surface area contributed by atoms with E-state index in [0.717, 1.165) is 17.9 Å². The number of benzene rings is 1. The Balaban J connectivity index is 2.65. The van der Waals surface area contributed by atoms with Gasteiger partial charge < -0.3 is 10.2 Å². The Morgan fingerprint density at radius 2 is 2.06 bits per heavy atom. The first-order valence-electron chi connectivity index (χ1n) is 5.93.